The quantitative estimate of drug-likeness (QED) is 0.655. The van der Waals surface area contributed by atoms with Gasteiger partial charge in [0.1, 0.15) is 11.7 Å². The molecule has 100 valence electrons. The third-order valence-electron chi connectivity index (χ3n) is 2.68. The minimum absolute atomic E-state index is 0.200. The molecule has 1 aromatic rings. The maximum atomic E-state index is 11.7. The van der Waals surface area contributed by atoms with Crippen LogP contribution < -0.4 is 20.9 Å². The summed E-state index contributed by atoms with van der Waals surface area (Å²) in [6.07, 6.45) is -0.200. The first-order chi connectivity index (χ1) is 9.10. The van der Waals surface area contributed by atoms with Gasteiger partial charge in [0.25, 0.3) is 11.8 Å². The zero-order valence-corrected chi connectivity index (χ0v) is 10.2. The number of hydrogen-bond donors (Lipinski definition) is 3. The Hall–Kier alpha value is -2.57. The lowest BCUT2D eigenvalue weighted by Gasteiger charge is -2.08. The van der Waals surface area contributed by atoms with E-state index >= 15 is 0 Å². The van der Waals surface area contributed by atoms with Crippen LogP contribution in [0.5, 0.6) is 5.75 Å². The summed E-state index contributed by atoms with van der Waals surface area (Å²) in [5.41, 5.74) is 4.88. The monoisotopic (exact) mass is 263 g/mol. The molecule has 0 radical (unpaired) electrons. The summed E-state index contributed by atoms with van der Waals surface area (Å²) >= 11 is 0. The van der Waals surface area contributed by atoms with Gasteiger partial charge in [-0.3, -0.25) is 25.2 Å². The second-order valence-electron chi connectivity index (χ2n) is 4.02. The molecule has 2 rings (SSSR count). The van der Waals surface area contributed by atoms with Gasteiger partial charge in [-0.25, -0.2) is 0 Å². The van der Waals surface area contributed by atoms with Crippen molar-refractivity contribution in [1.29, 1.82) is 0 Å². The molecule has 0 unspecified atom stereocenters. The first-order valence-corrected chi connectivity index (χ1v) is 5.64. The highest BCUT2D eigenvalue weighted by Gasteiger charge is 2.34. The van der Waals surface area contributed by atoms with Gasteiger partial charge in [-0.1, -0.05) is 6.07 Å². The van der Waals surface area contributed by atoms with Crippen LogP contribution in [0.2, 0.25) is 0 Å². The van der Waals surface area contributed by atoms with Gasteiger partial charge >= 0.3 is 0 Å². The lowest BCUT2D eigenvalue weighted by atomic mass is 10.1. The molecule has 19 heavy (non-hydrogen) atoms. The molecule has 7 heteroatoms. The Kier molecular flexibility index (Phi) is 3.65. The number of hydrogen-bond acceptors (Lipinski definition) is 4. The van der Waals surface area contributed by atoms with Crippen molar-refractivity contribution in [2.24, 2.45) is 5.92 Å². The van der Waals surface area contributed by atoms with Crippen molar-refractivity contribution in [3.63, 3.8) is 0 Å². The molecule has 0 saturated carbocycles. The van der Waals surface area contributed by atoms with Crippen molar-refractivity contribution < 1.29 is 19.1 Å². The van der Waals surface area contributed by atoms with E-state index < -0.39 is 23.6 Å². The summed E-state index contributed by atoms with van der Waals surface area (Å²) in [5.74, 6) is -1.78. The van der Waals surface area contributed by atoms with E-state index in [-0.39, 0.29) is 6.42 Å². The van der Waals surface area contributed by atoms with Gasteiger partial charge in [0.2, 0.25) is 5.91 Å². The Balaban J connectivity index is 1.97. The minimum atomic E-state index is -0.981. The standard InChI is InChI=1S/C12H13N3O4/c1-19-8-4-2-3-7(5-8)13-10(16)6-9-11(17)14-15-12(9)18/h2-5,9H,6H2,1H3,(H,13,16)(H,14,17)(H,15,18). The molecule has 1 aromatic carbocycles. The second kappa shape index (κ2) is 5.38. The van der Waals surface area contributed by atoms with Gasteiger partial charge in [-0.15, -0.1) is 0 Å². The van der Waals surface area contributed by atoms with E-state index in [1.165, 1.54) is 7.11 Å². The normalized spacial score (nSPS) is 14.8. The van der Waals surface area contributed by atoms with Crippen molar-refractivity contribution in [1.82, 2.24) is 10.9 Å². The van der Waals surface area contributed by atoms with E-state index in [2.05, 4.69) is 16.2 Å². The Morgan fingerprint density at radius 1 is 1.32 bits per heavy atom. The molecule has 1 heterocycles. The van der Waals surface area contributed by atoms with Crippen LogP contribution >= 0.6 is 0 Å². The van der Waals surface area contributed by atoms with Crippen LogP contribution in [0, 0.1) is 5.92 Å². The van der Waals surface area contributed by atoms with E-state index in [1.54, 1.807) is 24.3 Å². The van der Waals surface area contributed by atoms with E-state index in [1.807, 2.05) is 0 Å². The summed E-state index contributed by atoms with van der Waals surface area (Å²) in [7, 11) is 1.52. The first kappa shape index (κ1) is 12.9. The summed E-state index contributed by atoms with van der Waals surface area (Å²) in [6.45, 7) is 0. The average Bonchev–Trinajstić information content (AvgIpc) is 2.71. The molecule has 1 fully saturated rings. The number of nitrogens with one attached hydrogen (secondary N) is 3. The van der Waals surface area contributed by atoms with E-state index in [4.69, 9.17) is 4.74 Å². The Labute approximate surface area is 109 Å². The Bertz CT molecular complexity index is 513. The minimum Gasteiger partial charge on any atom is -0.497 e. The van der Waals surface area contributed by atoms with Crippen LogP contribution in [0.3, 0.4) is 0 Å². The van der Waals surface area contributed by atoms with E-state index in [9.17, 15) is 14.4 Å². The molecule has 0 atom stereocenters. The third-order valence-corrected chi connectivity index (χ3v) is 2.68. The predicted octanol–water partition coefficient (Wildman–Crippen LogP) is -0.199. The fourth-order valence-electron chi connectivity index (χ4n) is 1.70. The highest BCUT2D eigenvalue weighted by atomic mass is 16.5. The Morgan fingerprint density at radius 2 is 2.00 bits per heavy atom. The number of ether oxygens (including phenoxy) is 1. The maximum absolute atomic E-state index is 11.7. The molecule has 7 nitrogen and oxygen atoms in total. The number of rotatable bonds is 4. The molecule has 1 aliphatic heterocycles. The lowest BCUT2D eigenvalue weighted by molar-refractivity contribution is -0.131. The zero-order valence-electron chi connectivity index (χ0n) is 10.2. The summed E-state index contributed by atoms with van der Waals surface area (Å²) < 4.78 is 5.02. The smallest absolute Gasteiger partial charge is 0.251 e. The fourth-order valence-corrected chi connectivity index (χ4v) is 1.70. The summed E-state index contributed by atoms with van der Waals surface area (Å²) in [6, 6.07) is 6.80. The predicted molar refractivity (Wildman–Crippen MR) is 66.0 cm³/mol. The van der Waals surface area contributed by atoms with Crippen LogP contribution in [0.4, 0.5) is 5.69 Å². The topological polar surface area (TPSA) is 96.5 Å². The fraction of sp³-hybridized carbons (Fsp3) is 0.250. The SMILES string of the molecule is COc1cccc(NC(=O)CC2C(=O)NNC2=O)c1. The highest BCUT2D eigenvalue weighted by Crippen LogP contribution is 2.17. The summed E-state index contributed by atoms with van der Waals surface area (Å²) in [5, 5.41) is 2.61. The van der Waals surface area contributed by atoms with Crippen molar-refractivity contribution >= 4 is 23.4 Å². The number of carbonyl (C=O) groups is 3. The third kappa shape index (κ3) is 3.01. The highest BCUT2D eigenvalue weighted by molar-refractivity contribution is 6.08. The van der Waals surface area contributed by atoms with Crippen molar-refractivity contribution in [3.05, 3.63) is 24.3 Å². The van der Waals surface area contributed by atoms with E-state index in [0.717, 1.165) is 0 Å². The average molecular weight is 263 g/mol. The van der Waals surface area contributed by atoms with Crippen LogP contribution in [-0.4, -0.2) is 24.8 Å². The molecule has 3 N–H and O–H groups in total. The molecule has 0 spiro atoms. The number of carbonyl (C=O) groups excluding carboxylic acids is 3. The van der Waals surface area contributed by atoms with Crippen molar-refractivity contribution in [2.75, 3.05) is 12.4 Å². The molecule has 1 aliphatic rings. The Morgan fingerprint density at radius 3 is 2.63 bits per heavy atom. The summed E-state index contributed by atoms with van der Waals surface area (Å²) in [4.78, 5) is 34.3. The first-order valence-electron chi connectivity index (χ1n) is 5.64. The molecule has 0 bridgehead atoms. The molecular weight excluding hydrogens is 250 g/mol. The number of anilines is 1. The molecule has 0 aromatic heterocycles. The van der Waals surface area contributed by atoms with E-state index in [0.29, 0.717) is 11.4 Å². The number of methoxy groups -OCH3 is 1. The number of hydrazine groups is 1. The van der Waals surface area contributed by atoms with Gasteiger partial charge in [0.05, 0.1) is 7.11 Å². The van der Waals surface area contributed by atoms with Crippen molar-refractivity contribution in [2.45, 2.75) is 6.42 Å². The van der Waals surface area contributed by atoms with Gasteiger partial charge in [0, 0.05) is 18.2 Å². The molecule has 3 amide bonds. The number of benzene rings is 1. The largest absolute Gasteiger partial charge is 0.497 e. The van der Waals surface area contributed by atoms with Crippen LogP contribution in [0.25, 0.3) is 0 Å². The molecular formula is C12H13N3O4. The zero-order chi connectivity index (χ0) is 13.8. The van der Waals surface area contributed by atoms with Crippen molar-refractivity contribution in [3.8, 4) is 5.75 Å². The number of amides is 3. The molecule has 1 saturated heterocycles. The van der Waals surface area contributed by atoms with Gasteiger partial charge in [-0.2, -0.15) is 0 Å². The maximum Gasteiger partial charge on any atom is 0.251 e. The van der Waals surface area contributed by atoms with Crippen LogP contribution in [0.15, 0.2) is 24.3 Å². The van der Waals surface area contributed by atoms with Gasteiger partial charge in [-0.05, 0) is 12.1 Å². The second-order valence-corrected chi connectivity index (χ2v) is 4.02. The van der Waals surface area contributed by atoms with Gasteiger partial charge < -0.3 is 10.1 Å². The molecule has 0 aliphatic carbocycles. The lowest BCUT2D eigenvalue weighted by Crippen LogP contribution is -2.28. The van der Waals surface area contributed by atoms with Gasteiger partial charge in [0.15, 0.2) is 0 Å². The van der Waals surface area contributed by atoms with Crippen LogP contribution in [-0.2, 0) is 14.4 Å². The van der Waals surface area contributed by atoms with Crippen LogP contribution in [0.1, 0.15) is 6.42 Å².